The van der Waals surface area contributed by atoms with Gasteiger partial charge >= 0.3 is 73.0 Å². The van der Waals surface area contributed by atoms with Crippen molar-refractivity contribution in [1.29, 1.82) is 0 Å². The molecule has 0 bridgehead atoms. The van der Waals surface area contributed by atoms with E-state index in [0.717, 1.165) is 0 Å². The van der Waals surface area contributed by atoms with E-state index >= 15 is 0 Å². The monoisotopic (exact) mass is 420 g/mol. The van der Waals surface area contributed by atoms with Gasteiger partial charge < -0.3 is 0 Å². The molecule has 0 aliphatic rings. The van der Waals surface area contributed by atoms with Gasteiger partial charge in [-0.3, -0.25) is 0 Å². The molecule has 2 radical (unpaired) electrons. The Labute approximate surface area is 71.8 Å². The summed E-state index contributed by atoms with van der Waals surface area (Å²) in [5, 5.41) is 0. The third kappa shape index (κ3) is 20.1. The fourth-order valence-electron chi connectivity index (χ4n) is 0. The molecule has 0 saturated carbocycles. The van der Waals surface area contributed by atoms with Crippen molar-refractivity contribution in [2.24, 2.45) is 0 Å². The topological polar surface area (TPSA) is 0 Å². The molecule has 5 heteroatoms. The Hall–Kier alpha value is 2.77. The molecule has 0 rings (SSSR count). The Kier molecular flexibility index (Phi) is 49.6. The first-order chi connectivity index (χ1) is 1.41. The fraction of sp³-hybridized carbons (Fsp3) is 0. The van der Waals surface area contributed by atoms with Crippen molar-refractivity contribution in [1.82, 2.24) is 0 Å². The van der Waals surface area contributed by atoms with E-state index in [1.807, 2.05) is 0 Å². The van der Waals surface area contributed by atoms with Gasteiger partial charge in [-0.1, -0.05) is 0 Å². The van der Waals surface area contributed by atoms with Crippen LogP contribution < -0.4 is 0 Å². The van der Waals surface area contributed by atoms with Gasteiger partial charge in [0.1, 0.15) is 0 Å². The third-order valence-electron chi connectivity index (χ3n) is 0. The molecule has 0 N–H and O–H groups in total. The van der Waals surface area contributed by atoms with Crippen molar-refractivity contribution in [3.8, 4) is 0 Å². The van der Waals surface area contributed by atoms with Gasteiger partial charge in [-0.05, 0) is 0 Å². The van der Waals surface area contributed by atoms with Gasteiger partial charge in [-0.15, -0.1) is 0 Å². The minimum absolute atomic E-state index is 0. The first-order valence-corrected chi connectivity index (χ1v) is 10.2. The Morgan fingerprint density at radius 3 is 1.00 bits per heavy atom. The molecule has 0 aliphatic heterocycles. The molecule has 0 atom stereocenters. The summed E-state index contributed by atoms with van der Waals surface area (Å²) in [6, 6.07) is 0. The van der Waals surface area contributed by atoms with E-state index in [-0.39, 0.29) is 47.4 Å². The quantitative estimate of drug-likeness (QED) is 0.401. The van der Waals surface area contributed by atoms with Crippen LogP contribution in [-0.4, -0.2) is 59.8 Å². The van der Waals surface area contributed by atoms with Crippen molar-refractivity contribution in [2.75, 3.05) is 0 Å². The second-order valence-corrected chi connectivity index (χ2v) is 10.9. The van der Waals surface area contributed by atoms with Crippen molar-refractivity contribution < 1.29 is 13.3 Å². The van der Waals surface area contributed by atoms with Gasteiger partial charge in [0.15, 0.2) is 0 Å². The van der Waals surface area contributed by atoms with Crippen LogP contribution in [0, 0.1) is 0 Å². The van der Waals surface area contributed by atoms with Crippen LogP contribution in [0.1, 0.15) is 0 Å². The average Bonchev–Trinajstić information content (AvgIpc) is 0.918. The number of rotatable bonds is 0. The van der Waals surface area contributed by atoms with E-state index < -0.39 is 0 Å². The fourth-order valence-corrected chi connectivity index (χ4v) is 0. The van der Waals surface area contributed by atoms with Crippen molar-refractivity contribution in [2.45, 2.75) is 0 Å². The summed E-state index contributed by atoms with van der Waals surface area (Å²) in [4.78, 5) is 0. The van der Waals surface area contributed by atoms with E-state index in [2.05, 4.69) is 25.6 Å². The maximum absolute atomic E-state index is 2.88. The third-order valence-corrected chi connectivity index (χ3v) is 0. The molecule has 0 unspecified atom stereocenters. The molecule has 0 fully saturated rings. The van der Waals surface area contributed by atoms with Crippen LogP contribution in [0.4, 0.5) is 0 Å². The number of hydrogen-bond donors (Lipinski definition) is 0. The summed E-state index contributed by atoms with van der Waals surface area (Å²) in [6.07, 6.45) is 0. The van der Waals surface area contributed by atoms with E-state index in [4.69, 9.17) is 0 Å². The summed E-state index contributed by atoms with van der Waals surface area (Å²) < 4.78 is 0. The van der Waals surface area contributed by atoms with E-state index in [9.17, 15) is 0 Å². The zero-order valence-corrected chi connectivity index (χ0v) is 11.3. The summed E-state index contributed by atoms with van der Waals surface area (Å²) >= 11 is 5.98. The molecule has 0 spiro atoms. The molecule has 0 aromatic rings. The van der Waals surface area contributed by atoms with Crippen LogP contribution in [0.3, 0.4) is 0 Å². The van der Waals surface area contributed by atoms with E-state index in [0.29, 0.717) is 0 Å². The van der Waals surface area contributed by atoms with E-state index in [1.54, 1.807) is 0 Å². The molecule has 0 saturated heterocycles. The van der Waals surface area contributed by atoms with Crippen LogP contribution in [0.15, 0.2) is 0 Å². The van der Waals surface area contributed by atoms with Crippen molar-refractivity contribution in [3.05, 3.63) is 0 Å². The SMILES string of the molecule is [SeH].[SeH].[Se]=[Mo]=[Se]. The van der Waals surface area contributed by atoms with Gasteiger partial charge in [-0.2, -0.15) is 0 Å². The average molecular weight is 414 g/mol. The Bertz CT molecular complexity index is 24.6. The van der Waals surface area contributed by atoms with Crippen molar-refractivity contribution in [3.63, 3.8) is 0 Å². The molecular formula is H2MoSe4. The van der Waals surface area contributed by atoms with Gasteiger partial charge in [-0.25, -0.2) is 0 Å². The molecule has 0 heterocycles. The van der Waals surface area contributed by atoms with Crippen LogP contribution in [0.25, 0.3) is 0 Å². The van der Waals surface area contributed by atoms with Gasteiger partial charge in [0.25, 0.3) is 0 Å². The molecule has 0 nitrogen and oxygen atoms in total. The van der Waals surface area contributed by atoms with Crippen LogP contribution in [-0.2, 0) is 13.3 Å². The Morgan fingerprint density at radius 2 is 1.00 bits per heavy atom. The standard InChI is InChI=1S/Mo.2HSe.2Se/h;2*1H;;. The zero-order valence-electron chi connectivity index (χ0n) is 2.12. The summed E-state index contributed by atoms with van der Waals surface area (Å²) in [6.45, 7) is 0. The first kappa shape index (κ1) is 15.7. The predicted molar refractivity (Wildman–Crippen MR) is 25.8 cm³/mol. The minimum atomic E-state index is 0. The zero-order chi connectivity index (χ0) is 2.71. The van der Waals surface area contributed by atoms with Crippen LogP contribution in [0.2, 0.25) is 0 Å². The van der Waals surface area contributed by atoms with Crippen LogP contribution >= 0.6 is 0 Å². The molecule has 5 heavy (non-hydrogen) atoms. The second kappa shape index (κ2) is 15.9. The predicted octanol–water partition coefficient (Wildman–Crippen LogP) is -2.06. The Morgan fingerprint density at radius 1 is 1.00 bits per heavy atom. The molecular weight excluding hydrogens is 412 g/mol. The summed E-state index contributed by atoms with van der Waals surface area (Å²) in [7, 11) is 0. The van der Waals surface area contributed by atoms with Gasteiger partial charge in [0.2, 0.25) is 0 Å². The van der Waals surface area contributed by atoms with Crippen LogP contribution in [0.5, 0.6) is 0 Å². The summed E-state index contributed by atoms with van der Waals surface area (Å²) in [5.41, 5.74) is 0. The molecule has 0 aromatic carbocycles. The van der Waals surface area contributed by atoms with Gasteiger partial charge in [0, 0.05) is 0 Å². The second-order valence-electron chi connectivity index (χ2n) is 0.0680. The van der Waals surface area contributed by atoms with Crippen molar-refractivity contribution >= 4 is 59.8 Å². The molecule has 0 aromatic heterocycles. The van der Waals surface area contributed by atoms with Gasteiger partial charge in [0.05, 0.1) is 0 Å². The normalized spacial score (nSPS) is 2.40. The number of hydrogen-bond acceptors (Lipinski definition) is 0. The summed E-state index contributed by atoms with van der Waals surface area (Å²) in [5.74, 6) is 0. The Balaban J connectivity index is -0.0000000200. The molecule has 32 valence electrons. The van der Waals surface area contributed by atoms with E-state index in [1.165, 1.54) is 0 Å². The molecule has 0 amide bonds. The maximum atomic E-state index is 2.88. The first-order valence-electron chi connectivity index (χ1n) is 0.333. The molecule has 0 aliphatic carbocycles.